The number of hydrogen-bond acceptors (Lipinski definition) is 17. The van der Waals surface area contributed by atoms with Crippen molar-refractivity contribution >= 4 is 40.6 Å². The van der Waals surface area contributed by atoms with Crippen molar-refractivity contribution in [1.82, 2.24) is 20.3 Å². The molecule has 22 heteroatoms. The van der Waals surface area contributed by atoms with Gasteiger partial charge in [-0.25, -0.2) is 13.5 Å². The Hall–Kier alpha value is -5.20. The number of aryl methyl sites for hydroxylation is 1. The summed E-state index contributed by atoms with van der Waals surface area (Å²) in [5.41, 5.74) is 1.82. The van der Waals surface area contributed by atoms with Gasteiger partial charge in [0.25, 0.3) is 0 Å². The average Bonchev–Trinajstić information content (AvgIpc) is 1.62. The molecule has 1 aromatic carbocycles. The maximum atomic E-state index is 18.0. The molecule has 20 nitrogen and oxygen atoms in total. The number of nitrogens with two attached hydrogens (primary N) is 1. The lowest BCUT2D eigenvalue weighted by Crippen LogP contribution is -2.71. The van der Waals surface area contributed by atoms with Crippen LogP contribution in [-0.2, 0) is 70.2 Å². The minimum Gasteiger partial charge on any atom is -0.486 e. The first-order valence-electron chi connectivity index (χ1n) is 32.9. The van der Waals surface area contributed by atoms with E-state index in [0.29, 0.717) is 96.0 Å². The zero-order valence-electron chi connectivity index (χ0n) is 53.4. The van der Waals surface area contributed by atoms with Gasteiger partial charge in [0.15, 0.2) is 34.9 Å². The third kappa shape index (κ3) is 15.7. The fourth-order valence-electron chi connectivity index (χ4n) is 14.8. The van der Waals surface area contributed by atoms with Crippen LogP contribution < -0.4 is 21.1 Å². The molecule has 0 spiro atoms. The number of Topliss-reactive ketones (excluding diaryl/α,β-unsaturated/α-hetero) is 3. The average molecular weight is 1250 g/mol. The second kappa shape index (κ2) is 31.4. The zero-order valence-corrected chi connectivity index (χ0v) is 53.4. The number of amides is 2. The number of hydrogen-bond donors (Lipinski definition) is 4. The molecule has 5 N–H and O–H groups in total. The lowest BCUT2D eigenvalue weighted by atomic mass is 9.44. The number of unbranched alkanes of at least 4 members (excludes halogenated alkanes) is 3. The number of allylic oxidation sites excluding steroid dienone is 4. The number of alkyl halides is 2. The predicted octanol–water partition coefficient (Wildman–Crippen LogP) is 8.68. The van der Waals surface area contributed by atoms with Crippen molar-refractivity contribution in [2.75, 3.05) is 58.2 Å². The molecule has 14 atom stereocenters. The molecule has 5 aliphatic carbocycles. The molecule has 8 rings (SSSR count). The van der Waals surface area contributed by atoms with Gasteiger partial charge in [0.05, 0.1) is 75.3 Å². The fourth-order valence-corrected chi connectivity index (χ4v) is 14.8. The maximum Gasteiger partial charge on any atom is 0.237 e. The highest BCUT2D eigenvalue weighted by atomic mass is 19.1. The van der Waals surface area contributed by atoms with E-state index in [4.69, 9.17) is 38.9 Å². The summed E-state index contributed by atoms with van der Waals surface area (Å²) in [7, 11) is 0. The number of aliphatic hydroxyl groups excluding tert-OH is 1. The molecule has 2 unspecified atom stereocenters. The Morgan fingerprint density at radius 1 is 0.888 bits per heavy atom. The molecule has 89 heavy (non-hydrogen) atoms. The van der Waals surface area contributed by atoms with E-state index < -0.39 is 107 Å². The molecule has 1 aromatic heterocycles. The van der Waals surface area contributed by atoms with Crippen LogP contribution in [0.4, 0.5) is 14.5 Å². The number of anilines is 1. The summed E-state index contributed by atoms with van der Waals surface area (Å²) in [5.74, 6) is -4.56. The molecule has 4 fully saturated rings. The summed E-state index contributed by atoms with van der Waals surface area (Å²) in [4.78, 5) is 80.7. The van der Waals surface area contributed by atoms with Crippen LogP contribution in [0, 0.1) is 34.5 Å². The number of fused-ring (bicyclic) bond motifs is 8. The third-order valence-electron chi connectivity index (χ3n) is 19.7. The molecule has 1 aliphatic heterocycles. The maximum absolute atomic E-state index is 18.0. The van der Waals surface area contributed by atoms with Crippen molar-refractivity contribution in [2.24, 2.45) is 40.2 Å². The van der Waals surface area contributed by atoms with Crippen molar-refractivity contribution in [3.05, 3.63) is 59.5 Å². The highest BCUT2D eigenvalue weighted by molar-refractivity contribution is 6.01. The van der Waals surface area contributed by atoms with Gasteiger partial charge >= 0.3 is 0 Å². The molecule has 1 saturated heterocycles. The minimum absolute atomic E-state index is 0.0152. The van der Waals surface area contributed by atoms with Gasteiger partial charge in [-0.05, 0) is 125 Å². The standard InChI is InChI=1S/C67H98F2N6O14/c1-8-10-29-83-31-33-85-34-32-84-30-28-75-61-53(73-74-75)20-15-12-16-21-55(61)87-40-46(77)18-13-11-14-19-52(70)63(82)72-60(42(3)4)54(78)35-43(5)62(81)71-44-22-24-47(25-23-44)86-41-57(80)67-58(88-59(89-67)17-9-2)38-48-49-37-51(68)50-36-45(76)26-27-64(50,6)66(49,69)56(79)39-65(48,67)7/h22-27,36,42-43,48-49,51-52,55-56,58-60,79H,8-21,28-35,37-41,70H2,1-7H3,(H,71,81)(H,72,82)/t43-,48+,49+,51+,52+,55?,56+,58-,59?,60+,64+,65+,66+,67-/m1/s1. The van der Waals surface area contributed by atoms with Gasteiger partial charge in [-0.15, -0.1) is 5.10 Å². The van der Waals surface area contributed by atoms with E-state index in [9.17, 15) is 33.9 Å². The van der Waals surface area contributed by atoms with Crippen molar-refractivity contribution < 1.29 is 75.8 Å². The van der Waals surface area contributed by atoms with E-state index in [0.717, 1.165) is 69.0 Å². The molecule has 3 saturated carbocycles. The summed E-state index contributed by atoms with van der Waals surface area (Å²) in [5, 5.41) is 26.5. The highest BCUT2D eigenvalue weighted by Crippen LogP contribution is 2.72. The lowest BCUT2D eigenvalue weighted by Gasteiger charge is -2.63. The molecule has 0 bridgehead atoms. The first kappa shape index (κ1) is 69.7. The number of nitrogens with zero attached hydrogens (tertiary/aromatic N) is 3. The van der Waals surface area contributed by atoms with Crippen LogP contribution in [0.5, 0.6) is 5.75 Å². The summed E-state index contributed by atoms with van der Waals surface area (Å²) in [6.45, 7) is 15.9. The van der Waals surface area contributed by atoms with Crippen LogP contribution in [0.3, 0.4) is 0 Å². The van der Waals surface area contributed by atoms with Gasteiger partial charge in [-0.1, -0.05) is 91.4 Å². The number of rotatable bonds is 35. The monoisotopic (exact) mass is 1250 g/mol. The van der Waals surface area contributed by atoms with Crippen LogP contribution in [0.15, 0.2) is 48.1 Å². The van der Waals surface area contributed by atoms with Crippen LogP contribution >= 0.6 is 0 Å². The largest absolute Gasteiger partial charge is 0.486 e. The van der Waals surface area contributed by atoms with Crippen LogP contribution in [0.1, 0.15) is 175 Å². The van der Waals surface area contributed by atoms with Crippen molar-refractivity contribution in [2.45, 2.75) is 225 Å². The van der Waals surface area contributed by atoms with Crippen molar-refractivity contribution in [1.29, 1.82) is 0 Å². The zero-order chi connectivity index (χ0) is 64.1. The number of ketones is 4. The highest BCUT2D eigenvalue weighted by Gasteiger charge is 2.80. The molecular weight excluding hydrogens is 1150 g/mol. The normalized spacial score (nSPS) is 29.7. The molecule has 2 aromatic rings. The van der Waals surface area contributed by atoms with Crippen LogP contribution in [0.2, 0.25) is 0 Å². The molecular formula is C67H98F2N6O14. The lowest BCUT2D eigenvalue weighted by molar-refractivity contribution is -0.234. The number of aliphatic hydroxyl groups is 1. The molecule has 6 aliphatic rings. The van der Waals surface area contributed by atoms with Crippen LogP contribution in [-0.4, -0.2) is 156 Å². The third-order valence-corrected chi connectivity index (χ3v) is 19.7. The molecule has 0 radical (unpaired) electrons. The van der Waals surface area contributed by atoms with E-state index in [2.05, 4.69) is 27.9 Å². The van der Waals surface area contributed by atoms with Gasteiger partial charge < -0.3 is 54.6 Å². The van der Waals surface area contributed by atoms with E-state index in [1.54, 1.807) is 31.2 Å². The van der Waals surface area contributed by atoms with Gasteiger partial charge in [0.2, 0.25) is 17.6 Å². The van der Waals surface area contributed by atoms with Crippen molar-refractivity contribution in [3.8, 4) is 5.75 Å². The first-order valence-corrected chi connectivity index (χ1v) is 32.9. The molecule has 494 valence electrons. The Balaban J connectivity index is 0.749. The van der Waals surface area contributed by atoms with Crippen LogP contribution in [0.25, 0.3) is 0 Å². The van der Waals surface area contributed by atoms with E-state index in [-0.39, 0.29) is 61.5 Å². The Bertz CT molecular complexity index is 2820. The molecule has 2 heterocycles. The summed E-state index contributed by atoms with van der Waals surface area (Å²) in [6, 6.07) is 4.58. The van der Waals surface area contributed by atoms with Gasteiger partial charge in [0.1, 0.15) is 31.2 Å². The Morgan fingerprint density at radius 3 is 2.34 bits per heavy atom. The van der Waals surface area contributed by atoms with E-state index in [1.165, 1.54) is 19.1 Å². The second-order valence-electron chi connectivity index (χ2n) is 26.3. The van der Waals surface area contributed by atoms with Crippen molar-refractivity contribution in [3.63, 3.8) is 0 Å². The Labute approximate surface area is 523 Å². The summed E-state index contributed by atoms with van der Waals surface area (Å²) < 4.78 is 78.3. The van der Waals surface area contributed by atoms with Gasteiger partial charge in [-0.2, -0.15) is 0 Å². The number of nitrogens with one attached hydrogen (secondary N) is 2. The Morgan fingerprint density at radius 2 is 1.62 bits per heavy atom. The SMILES string of the molecule is CCCCOCCOCCOCCn1nnc2c1C(OCC(=O)CCCCC[C@H](N)C(=O)N[C@H](C(=O)C[C@@H](C)C(=O)Nc1ccc(OCC(=O)[C@@]34OC(CCC)O[C@@H]3C[C@H]3[C@@H]5C[C@H](F)C6=CC(=O)C=C[C@]6(C)[C@@]5(F)[C@@H](O)C[C@@]34C)cc1)C(C)C)CCCCC2. The van der Waals surface area contributed by atoms with Gasteiger partial charge in [-0.3, -0.25) is 28.8 Å². The van der Waals surface area contributed by atoms with E-state index >= 15 is 8.78 Å². The topological polar surface area (TPSA) is 268 Å². The predicted molar refractivity (Wildman–Crippen MR) is 327 cm³/mol. The second-order valence-corrected chi connectivity index (χ2v) is 26.3. The number of carbonyl (C=O) groups excluding carboxylic acids is 6. The van der Waals surface area contributed by atoms with E-state index in [1.807, 2.05) is 32.4 Å². The molecule has 2 amide bonds. The number of halogens is 2. The number of aromatic nitrogens is 3. The Kier molecular flexibility index (Phi) is 24.6. The smallest absolute Gasteiger partial charge is 0.237 e. The number of benzene rings is 1. The quantitative estimate of drug-likeness (QED) is 0.0470. The first-order chi connectivity index (χ1) is 42.6. The minimum atomic E-state index is -2.34. The van der Waals surface area contributed by atoms with Gasteiger partial charge in [0, 0.05) is 47.8 Å². The summed E-state index contributed by atoms with van der Waals surface area (Å²) >= 11 is 0. The summed E-state index contributed by atoms with van der Waals surface area (Å²) in [6.07, 6.45) is 8.69. The number of ether oxygens (including phenoxy) is 7. The number of carbonyl (C=O) groups is 6. The fraction of sp³-hybridized carbons (Fsp3) is 0.731.